The summed E-state index contributed by atoms with van der Waals surface area (Å²) in [6, 6.07) is -0.345. The number of likely N-dealkylation sites (N-methyl/N-ethyl adjacent to an activating group) is 1. The zero-order valence-electron chi connectivity index (χ0n) is 10.6. The molecule has 0 radical (unpaired) electrons. The molecule has 1 atom stereocenters. The Morgan fingerprint density at radius 1 is 1.31 bits per heavy atom. The highest BCUT2D eigenvalue weighted by molar-refractivity contribution is 5.81. The van der Waals surface area contributed by atoms with Crippen LogP contribution in [0.4, 0.5) is 0 Å². The van der Waals surface area contributed by atoms with Crippen LogP contribution in [0, 0.1) is 0 Å². The molecule has 0 aliphatic heterocycles. The van der Waals surface area contributed by atoms with Gasteiger partial charge in [0.15, 0.2) is 0 Å². The van der Waals surface area contributed by atoms with Gasteiger partial charge in [-0.25, -0.2) is 0 Å². The molecule has 1 amide bonds. The third-order valence-electron chi connectivity index (χ3n) is 2.71. The maximum atomic E-state index is 11.8. The molecule has 1 unspecified atom stereocenters. The van der Waals surface area contributed by atoms with Gasteiger partial charge in [0.1, 0.15) is 0 Å². The summed E-state index contributed by atoms with van der Waals surface area (Å²) >= 11 is 0. The van der Waals surface area contributed by atoms with Gasteiger partial charge in [0.25, 0.3) is 0 Å². The summed E-state index contributed by atoms with van der Waals surface area (Å²) in [6.07, 6.45) is 5.55. The van der Waals surface area contributed by atoms with Crippen LogP contribution in [-0.4, -0.2) is 42.2 Å². The van der Waals surface area contributed by atoms with Crippen molar-refractivity contribution in [3.8, 4) is 0 Å². The van der Waals surface area contributed by atoms with Crippen LogP contribution in [0.2, 0.25) is 0 Å². The molecular weight excluding hydrogens is 204 g/mol. The van der Waals surface area contributed by atoms with Crippen LogP contribution < -0.4 is 5.73 Å². The fourth-order valence-electron chi connectivity index (χ4n) is 1.58. The zero-order chi connectivity index (χ0) is 12.4. The molecule has 0 saturated heterocycles. The number of nitrogens with two attached hydrogens (primary N) is 1. The third-order valence-corrected chi connectivity index (χ3v) is 2.71. The molecule has 0 aromatic rings. The monoisotopic (exact) mass is 230 g/mol. The molecule has 16 heavy (non-hydrogen) atoms. The number of nitrogens with zero attached hydrogens (tertiary/aromatic N) is 1. The summed E-state index contributed by atoms with van der Waals surface area (Å²) < 4.78 is 0. The summed E-state index contributed by atoms with van der Waals surface area (Å²) in [5.74, 6) is 0.0393. The van der Waals surface area contributed by atoms with E-state index in [9.17, 15) is 4.79 Å². The maximum absolute atomic E-state index is 11.8. The van der Waals surface area contributed by atoms with E-state index >= 15 is 0 Å². The van der Waals surface area contributed by atoms with E-state index in [1.807, 2.05) is 0 Å². The van der Waals surface area contributed by atoms with Crippen LogP contribution in [0.25, 0.3) is 0 Å². The molecule has 4 nitrogen and oxygen atoms in total. The van der Waals surface area contributed by atoms with Crippen LogP contribution in [0.5, 0.6) is 0 Å². The Bertz CT molecular complexity index is 186. The highest BCUT2D eigenvalue weighted by Crippen LogP contribution is 2.03. The third kappa shape index (κ3) is 6.80. The van der Waals surface area contributed by atoms with Gasteiger partial charge in [-0.15, -0.1) is 0 Å². The zero-order valence-corrected chi connectivity index (χ0v) is 10.6. The minimum Gasteiger partial charge on any atom is -0.396 e. The number of hydrogen-bond donors (Lipinski definition) is 2. The number of aliphatic hydroxyl groups excluding tert-OH is 1. The van der Waals surface area contributed by atoms with Gasteiger partial charge in [-0.05, 0) is 25.7 Å². The lowest BCUT2D eigenvalue weighted by atomic mass is 10.1. The fourth-order valence-corrected chi connectivity index (χ4v) is 1.58. The van der Waals surface area contributed by atoms with Crippen molar-refractivity contribution in [2.24, 2.45) is 5.73 Å². The van der Waals surface area contributed by atoms with Crippen LogP contribution in [0.3, 0.4) is 0 Å². The van der Waals surface area contributed by atoms with Crippen LogP contribution in [0.15, 0.2) is 0 Å². The summed E-state index contributed by atoms with van der Waals surface area (Å²) in [6.45, 7) is 3.06. The van der Waals surface area contributed by atoms with Gasteiger partial charge >= 0.3 is 0 Å². The van der Waals surface area contributed by atoms with Crippen molar-refractivity contribution in [2.45, 2.75) is 51.5 Å². The van der Waals surface area contributed by atoms with Gasteiger partial charge in [-0.3, -0.25) is 4.79 Å². The van der Waals surface area contributed by atoms with E-state index in [1.54, 1.807) is 11.9 Å². The first-order valence-electron chi connectivity index (χ1n) is 6.24. The number of carbonyl (C=O) groups excluding carboxylic acids is 1. The normalized spacial score (nSPS) is 12.5. The van der Waals surface area contributed by atoms with Gasteiger partial charge in [0.05, 0.1) is 6.04 Å². The molecule has 0 spiro atoms. The smallest absolute Gasteiger partial charge is 0.239 e. The lowest BCUT2D eigenvalue weighted by molar-refractivity contribution is -0.131. The van der Waals surface area contributed by atoms with Crippen molar-refractivity contribution in [2.75, 3.05) is 20.2 Å². The Kier molecular flexibility index (Phi) is 9.24. The van der Waals surface area contributed by atoms with Crippen molar-refractivity contribution in [3.63, 3.8) is 0 Å². The molecule has 0 heterocycles. The first kappa shape index (κ1) is 15.4. The van der Waals surface area contributed by atoms with Crippen molar-refractivity contribution in [1.82, 2.24) is 4.90 Å². The average molecular weight is 230 g/mol. The standard InChI is InChI=1S/C12H26N2O2/c1-3-4-8-11(13)12(16)14(2)9-6-5-7-10-15/h11,15H,3-10,13H2,1-2H3. The Balaban J connectivity index is 3.70. The van der Waals surface area contributed by atoms with E-state index in [-0.39, 0.29) is 18.6 Å². The highest BCUT2D eigenvalue weighted by atomic mass is 16.2. The molecule has 0 aromatic heterocycles. The van der Waals surface area contributed by atoms with Gasteiger partial charge in [0.2, 0.25) is 5.91 Å². The molecule has 0 fully saturated rings. The summed E-state index contributed by atoms with van der Waals surface area (Å²) in [5, 5.41) is 8.63. The minimum atomic E-state index is -0.345. The fraction of sp³-hybridized carbons (Fsp3) is 0.917. The second kappa shape index (κ2) is 9.60. The second-order valence-corrected chi connectivity index (χ2v) is 4.29. The van der Waals surface area contributed by atoms with Gasteiger partial charge in [0, 0.05) is 20.2 Å². The number of hydrogen-bond acceptors (Lipinski definition) is 3. The first-order chi connectivity index (χ1) is 7.63. The topological polar surface area (TPSA) is 66.6 Å². The number of rotatable bonds is 9. The second-order valence-electron chi connectivity index (χ2n) is 4.29. The number of aliphatic hydroxyl groups is 1. The molecule has 96 valence electrons. The molecule has 4 heteroatoms. The molecule has 0 saturated carbocycles. The van der Waals surface area contributed by atoms with Gasteiger partial charge in [-0.1, -0.05) is 19.8 Å². The van der Waals surface area contributed by atoms with Crippen molar-refractivity contribution < 1.29 is 9.90 Å². The van der Waals surface area contributed by atoms with Crippen LogP contribution >= 0.6 is 0 Å². The molecule has 0 bridgehead atoms. The number of carbonyl (C=O) groups is 1. The Morgan fingerprint density at radius 2 is 2.00 bits per heavy atom. The van der Waals surface area contributed by atoms with Crippen molar-refractivity contribution in [1.29, 1.82) is 0 Å². The van der Waals surface area contributed by atoms with E-state index in [0.717, 1.165) is 45.1 Å². The van der Waals surface area contributed by atoms with Gasteiger partial charge in [-0.2, -0.15) is 0 Å². The maximum Gasteiger partial charge on any atom is 0.239 e. The largest absolute Gasteiger partial charge is 0.396 e. The highest BCUT2D eigenvalue weighted by Gasteiger charge is 2.16. The molecule has 0 aliphatic rings. The molecule has 0 rings (SSSR count). The van der Waals surface area contributed by atoms with Crippen molar-refractivity contribution in [3.05, 3.63) is 0 Å². The summed E-state index contributed by atoms with van der Waals surface area (Å²) in [7, 11) is 1.80. The molecule has 0 aromatic carbocycles. The quantitative estimate of drug-likeness (QED) is 0.583. The number of unbranched alkanes of at least 4 members (excludes halogenated alkanes) is 3. The van der Waals surface area contributed by atoms with Crippen molar-refractivity contribution >= 4 is 5.91 Å². The number of amides is 1. The predicted octanol–water partition coefficient (Wildman–Crippen LogP) is 1.12. The predicted molar refractivity (Wildman–Crippen MR) is 66.1 cm³/mol. The Morgan fingerprint density at radius 3 is 2.56 bits per heavy atom. The van der Waals surface area contributed by atoms with E-state index in [1.165, 1.54) is 0 Å². The molecule has 0 aliphatic carbocycles. The Hall–Kier alpha value is -0.610. The summed E-state index contributed by atoms with van der Waals surface area (Å²) in [5.41, 5.74) is 5.80. The van der Waals surface area contributed by atoms with E-state index in [2.05, 4.69) is 6.92 Å². The first-order valence-corrected chi connectivity index (χ1v) is 6.24. The molecule has 3 N–H and O–H groups in total. The lowest BCUT2D eigenvalue weighted by Gasteiger charge is -2.21. The van der Waals surface area contributed by atoms with E-state index in [4.69, 9.17) is 10.8 Å². The average Bonchev–Trinajstić information content (AvgIpc) is 2.30. The van der Waals surface area contributed by atoms with Crippen LogP contribution in [-0.2, 0) is 4.79 Å². The van der Waals surface area contributed by atoms with E-state index in [0.29, 0.717) is 0 Å². The lowest BCUT2D eigenvalue weighted by Crippen LogP contribution is -2.42. The molecular formula is C12H26N2O2. The minimum absolute atomic E-state index is 0.0393. The van der Waals surface area contributed by atoms with Crippen LogP contribution in [0.1, 0.15) is 45.4 Å². The SMILES string of the molecule is CCCCC(N)C(=O)N(C)CCCCCO. The summed E-state index contributed by atoms with van der Waals surface area (Å²) in [4.78, 5) is 13.5. The van der Waals surface area contributed by atoms with E-state index < -0.39 is 0 Å². The van der Waals surface area contributed by atoms with Gasteiger partial charge < -0.3 is 15.7 Å². The Labute approximate surface area is 98.8 Å².